The molecule has 2 aliphatic heterocycles. The zero-order valence-electron chi connectivity index (χ0n) is 15.8. The number of nitrogens with zero attached hydrogens (tertiary/aromatic N) is 1. The molecule has 2 aliphatic rings. The molecule has 0 radical (unpaired) electrons. The van der Waals surface area contributed by atoms with Gasteiger partial charge in [0.2, 0.25) is 5.91 Å². The van der Waals surface area contributed by atoms with Gasteiger partial charge in [0.25, 0.3) is 0 Å². The molecule has 0 N–H and O–H groups in total. The number of hydrogen-bond acceptors (Lipinski definition) is 4. The monoisotopic (exact) mass is 361 g/mol. The topological polar surface area (TPSA) is 48.0 Å². The van der Waals surface area contributed by atoms with Gasteiger partial charge in [0.15, 0.2) is 0 Å². The van der Waals surface area contributed by atoms with Crippen molar-refractivity contribution in [3.8, 4) is 0 Å². The van der Waals surface area contributed by atoms with Crippen LogP contribution >= 0.6 is 0 Å². The van der Waals surface area contributed by atoms with E-state index in [1.165, 1.54) is 5.56 Å². The fourth-order valence-corrected chi connectivity index (χ4v) is 4.12. The van der Waals surface area contributed by atoms with Gasteiger partial charge in [-0.25, -0.2) is 0 Å². The van der Waals surface area contributed by atoms with E-state index in [1.807, 2.05) is 23.1 Å². The summed E-state index contributed by atoms with van der Waals surface area (Å²) >= 11 is 0. The highest BCUT2D eigenvalue weighted by atomic mass is 16.5. The standard InChI is InChI=1S/C21H31NO4/c1-24-17-20(23)22-11-9-21(10-12-22)15-18(8-14-26-21)7-13-25-16-19-5-3-2-4-6-19/h2-6,18H,7-17H2,1H3. The molecule has 5 heteroatoms. The van der Waals surface area contributed by atoms with Crippen LogP contribution in [0.2, 0.25) is 0 Å². The van der Waals surface area contributed by atoms with Crippen molar-refractivity contribution in [2.75, 3.05) is 40.0 Å². The molecule has 0 aromatic heterocycles. The van der Waals surface area contributed by atoms with Gasteiger partial charge in [-0.1, -0.05) is 30.3 Å². The molecule has 5 nitrogen and oxygen atoms in total. The molecule has 1 aromatic carbocycles. The molecule has 0 aliphatic carbocycles. The summed E-state index contributed by atoms with van der Waals surface area (Å²) in [5, 5.41) is 0. The van der Waals surface area contributed by atoms with Crippen molar-refractivity contribution in [2.24, 2.45) is 5.92 Å². The van der Waals surface area contributed by atoms with Crippen LogP contribution in [0.5, 0.6) is 0 Å². The molecule has 1 amide bonds. The molecule has 0 bridgehead atoms. The summed E-state index contributed by atoms with van der Waals surface area (Å²) in [6, 6.07) is 10.3. The Morgan fingerprint density at radius 2 is 2.04 bits per heavy atom. The van der Waals surface area contributed by atoms with Crippen molar-refractivity contribution < 1.29 is 19.0 Å². The van der Waals surface area contributed by atoms with Crippen LogP contribution in [-0.2, 0) is 25.6 Å². The van der Waals surface area contributed by atoms with E-state index in [4.69, 9.17) is 14.2 Å². The largest absolute Gasteiger partial charge is 0.377 e. The molecule has 2 heterocycles. The highest BCUT2D eigenvalue weighted by molar-refractivity contribution is 5.77. The Labute approximate surface area is 156 Å². The molecular weight excluding hydrogens is 330 g/mol. The molecule has 144 valence electrons. The molecule has 1 atom stereocenters. The van der Waals surface area contributed by atoms with Crippen LogP contribution in [0.25, 0.3) is 0 Å². The Hall–Kier alpha value is -1.43. The fourth-order valence-electron chi connectivity index (χ4n) is 4.12. The minimum atomic E-state index is -0.0355. The Morgan fingerprint density at radius 1 is 1.27 bits per heavy atom. The number of carbonyl (C=O) groups excluding carboxylic acids is 1. The van der Waals surface area contributed by atoms with Crippen molar-refractivity contribution in [1.29, 1.82) is 0 Å². The van der Waals surface area contributed by atoms with Gasteiger partial charge < -0.3 is 19.1 Å². The number of hydrogen-bond donors (Lipinski definition) is 0. The minimum absolute atomic E-state index is 0.0355. The lowest BCUT2D eigenvalue weighted by Crippen LogP contribution is -2.51. The normalized spacial score (nSPS) is 22.5. The van der Waals surface area contributed by atoms with Crippen LogP contribution in [0.15, 0.2) is 30.3 Å². The van der Waals surface area contributed by atoms with E-state index in [1.54, 1.807) is 7.11 Å². The number of methoxy groups -OCH3 is 1. The van der Waals surface area contributed by atoms with E-state index in [-0.39, 0.29) is 18.1 Å². The van der Waals surface area contributed by atoms with Crippen molar-refractivity contribution in [2.45, 2.75) is 44.3 Å². The van der Waals surface area contributed by atoms with Crippen molar-refractivity contribution in [1.82, 2.24) is 4.90 Å². The molecule has 1 unspecified atom stereocenters. The molecular formula is C21H31NO4. The zero-order chi connectivity index (χ0) is 18.2. The fraction of sp³-hybridized carbons (Fsp3) is 0.667. The number of piperidine rings is 1. The first-order valence-electron chi connectivity index (χ1n) is 9.73. The second-order valence-electron chi connectivity index (χ2n) is 7.53. The predicted molar refractivity (Wildman–Crippen MR) is 99.8 cm³/mol. The highest BCUT2D eigenvalue weighted by Crippen LogP contribution is 2.38. The van der Waals surface area contributed by atoms with Crippen LogP contribution in [0.3, 0.4) is 0 Å². The second-order valence-corrected chi connectivity index (χ2v) is 7.53. The highest BCUT2D eigenvalue weighted by Gasteiger charge is 2.40. The Kier molecular flexibility index (Phi) is 7.06. The number of carbonyl (C=O) groups is 1. The number of amides is 1. The van der Waals surface area contributed by atoms with Crippen molar-refractivity contribution >= 4 is 5.91 Å². The summed E-state index contributed by atoms with van der Waals surface area (Å²) in [5.74, 6) is 0.741. The second kappa shape index (κ2) is 9.49. The molecule has 1 spiro atoms. The smallest absolute Gasteiger partial charge is 0.248 e. The third-order valence-corrected chi connectivity index (χ3v) is 5.67. The Balaban J connectivity index is 1.39. The maximum absolute atomic E-state index is 12.0. The van der Waals surface area contributed by atoms with E-state index in [0.717, 1.165) is 58.4 Å². The third kappa shape index (κ3) is 5.29. The molecule has 26 heavy (non-hydrogen) atoms. The summed E-state index contributed by atoms with van der Waals surface area (Å²) < 4.78 is 17.0. The molecule has 2 fully saturated rings. The quantitative estimate of drug-likeness (QED) is 0.701. The summed E-state index contributed by atoms with van der Waals surface area (Å²) in [7, 11) is 1.57. The van der Waals surface area contributed by atoms with E-state index in [0.29, 0.717) is 12.5 Å². The van der Waals surface area contributed by atoms with Crippen molar-refractivity contribution in [3.63, 3.8) is 0 Å². The molecule has 2 saturated heterocycles. The lowest BCUT2D eigenvalue weighted by atomic mass is 9.78. The van der Waals surface area contributed by atoms with Gasteiger partial charge >= 0.3 is 0 Å². The van der Waals surface area contributed by atoms with E-state index < -0.39 is 0 Å². The lowest BCUT2D eigenvalue weighted by Gasteiger charge is -2.46. The van der Waals surface area contributed by atoms with E-state index in [9.17, 15) is 4.79 Å². The summed E-state index contributed by atoms with van der Waals surface area (Å²) in [4.78, 5) is 13.9. The SMILES string of the molecule is COCC(=O)N1CCC2(CC1)CC(CCOCc1ccccc1)CCO2. The molecule has 0 saturated carbocycles. The number of likely N-dealkylation sites (tertiary alicyclic amines) is 1. The van der Waals surface area contributed by atoms with E-state index in [2.05, 4.69) is 12.1 Å². The summed E-state index contributed by atoms with van der Waals surface area (Å²) in [6.45, 7) is 4.04. The van der Waals surface area contributed by atoms with Gasteiger partial charge in [0.05, 0.1) is 12.2 Å². The van der Waals surface area contributed by atoms with Crippen LogP contribution in [0.4, 0.5) is 0 Å². The minimum Gasteiger partial charge on any atom is -0.377 e. The third-order valence-electron chi connectivity index (χ3n) is 5.67. The Bertz CT molecular complexity index is 554. The van der Waals surface area contributed by atoms with Crippen LogP contribution < -0.4 is 0 Å². The number of ether oxygens (including phenoxy) is 3. The van der Waals surface area contributed by atoms with E-state index >= 15 is 0 Å². The van der Waals surface area contributed by atoms with Gasteiger partial charge in [-0.3, -0.25) is 4.79 Å². The van der Waals surface area contributed by atoms with Crippen molar-refractivity contribution in [3.05, 3.63) is 35.9 Å². The maximum Gasteiger partial charge on any atom is 0.248 e. The molecule has 1 aromatic rings. The Morgan fingerprint density at radius 3 is 2.77 bits per heavy atom. The average molecular weight is 361 g/mol. The first kappa shape index (κ1) is 19.3. The van der Waals surface area contributed by atoms with Gasteiger partial charge in [0.1, 0.15) is 6.61 Å². The van der Waals surface area contributed by atoms with Gasteiger partial charge in [-0.05, 0) is 43.6 Å². The van der Waals surface area contributed by atoms with Gasteiger partial charge in [-0.15, -0.1) is 0 Å². The summed E-state index contributed by atoms with van der Waals surface area (Å²) in [6.07, 6.45) is 5.16. The van der Waals surface area contributed by atoms with Crippen LogP contribution in [0, 0.1) is 5.92 Å². The van der Waals surface area contributed by atoms with Crippen LogP contribution in [0.1, 0.15) is 37.7 Å². The first-order chi connectivity index (χ1) is 12.7. The first-order valence-corrected chi connectivity index (χ1v) is 9.73. The predicted octanol–water partition coefficient (Wildman–Crippen LogP) is 3.03. The lowest BCUT2D eigenvalue weighted by molar-refractivity contribution is -0.150. The van der Waals surface area contributed by atoms with Gasteiger partial charge in [0, 0.05) is 33.4 Å². The maximum atomic E-state index is 12.0. The van der Waals surface area contributed by atoms with Gasteiger partial charge in [-0.2, -0.15) is 0 Å². The number of benzene rings is 1. The molecule has 3 rings (SSSR count). The average Bonchev–Trinajstić information content (AvgIpc) is 2.67. The summed E-state index contributed by atoms with van der Waals surface area (Å²) in [5.41, 5.74) is 1.19. The van der Waals surface area contributed by atoms with Crippen LogP contribution in [-0.4, -0.2) is 56.4 Å². The zero-order valence-corrected chi connectivity index (χ0v) is 15.8. The number of rotatable bonds is 7.